The van der Waals surface area contributed by atoms with Gasteiger partial charge in [-0.05, 0) is 33.6 Å². The number of aliphatic hydroxyl groups excluding tert-OH is 1. The molecule has 0 radical (unpaired) electrons. The molecule has 0 aromatic carbocycles. The van der Waals surface area contributed by atoms with Gasteiger partial charge in [0.1, 0.15) is 17.8 Å². The number of ketones is 1. The maximum atomic E-state index is 11.6. The monoisotopic (exact) mass is 310 g/mol. The molecule has 4 heteroatoms. The lowest BCUT2D eigenvalue weighted by molar-refractivity contribution is -0.156. The molecular weight excluding hydrogens is 280 g/mol. The van der Waals surface area contributed by atoms with Gasteiger partial charge in [-0.3, -0.25) is 9.59 Å². The van der Waals surface area contributed by atoms with E-state index in [1.54, 1.807) is 32.9 Å². The summed E-state index contributed by atoms with van der Waals surface area (Å²) in [5, 5.41) is 9.71. The third kappa shape index (κ3) is 13.6. The number of allylic oxidation sites excluding steroid dienone is 3. The second kappa shape index (κ2) is 11.2. The lowest BCUT2D eigenvalue weighted by Gasteiger charge is -2.19. The molecule has 0 saturated heterocycles. The Morgan fingerprint density at radius 3 is 2.45 bits per heavy atom. The van der Waals surface area contributed by atoms with Crippen LogP contribution < -0.4 is 0 Å². The molecule has 126 valence electrons. The van der Waals surface area contributed by atoms with E-state index in [2.05, 4.69) is 6.92 Å². The van der Waals surface area contributed by atoms with Crippen molar-refractivity contribution in [1.29, 1.82) is 0 Å². The van der Waals surface area contributed by atoms with E-state index < -0.39 is 17.7 Å². The van der Waals surface area contributed by atoms with Crippen LogP contribution >= 0.6 is 0 Å². The summed E-state index contributed by atoms with van der Waals surface area (Å²) in [6.45, 7) is 7.41. The van der Waals surface area contributed by atoms with E-state index in [4.69, 9.17) is 4.74 Å². The Hall–Kier alpha value is -1.42. The first-order valence-electron chi connectivity index (χ1n) is 7.99. The van der Waals surface area contributed by atoms with Crippen LogP contribution in [-0.2, 0) is 14.3 Å². The van der Waals surface area contributed by atoms with Crippen LogP contribution in [0.4, 0.5) is 0 Å². The first kappa shape index (κ1) is 20.6. The van der Waals surface area contributed by atoms with Crippen molar-refractivity contribution in [3.8, 4) is 0 Å². The summed E-state index contributed by atoms with van der Waals surface area (Å²) in [4.78, 5) is 23.1. The summed E-state index contributed by atoms with van der Waals surface area (Å²) in [5.41, 5.74) is -0.599. The number of rotatable bonds is 10. The average molecular weight is 310 g/mol. The fourth-order valence-corrected chi connectivity index (χ4v) is 1.79. The van der Waals surface area contributed by atoms with E-state index in [0.717, 1.165) is 12.8 Å². The number of hydrogen-bond donors (Lipinski definition) is 1. The minimum absolute atomic E-state index is 0.0700. The first-order chi connectivity index (χ1) is 10.2. The van der Waals surface area contributed by atoms with Gasteiger partial charge >= 0.3 is 5.97 Å². The highest BCUT2D eigenvalue weighted by molar-refractivity contribution is 5.95. The highest BCUT2D eigenvalue weighted by atomic mass is 16.6. The normalized spacial score (nSPS) is 13.7. The summed E-state index contributed by atoms with van der Waals surface area (Å²) in [5.74, 6) is -0.872. The molecule has 0 spiro atoms. The molecule has 0 amide bonds. The van der Waals surface area contributed by atoms with Crippen LogP contribution in [0.25, 0.3) is 0 Å². The van der Waals surface area contributed by atoms with Crippen molar-refractivity contribution in [2.45, 2.75) is 77.9 Å². The summed E-state index contributed by atoms with van der Waals surface area (Å²) >= 11 is 0. The van der Waals surface area contributed by atoms with Crippen LogP contribution in [-0.4, -0.2) is 28.6 Å². The third-order valence-corrected chi connectivity index (χ3v) is 2.75. The molecule has 0 bridgehead atoms. The predicted octanol–water partition coefficient (Wildman–Crippen LogP) is 3.73. The van der Waals surface area contributed by atoms with Crippen LogP contribution in [0.2, 0.25) is 0 Å². The molecule has 0 saturated carbocycles. The molecule has 4 nitrogen and oxygen atoms in total. The number of carbonyl (C=O) groups is 2. The van der Waals surface area contributed by atoms with E-state index >= 15 is 0 Å². The van der Waals surface area contributed by atoms with Gasteiger partial charge in [0.15, 0.2) is 0 Å². The van der Waals surface area contributed by atoms with Crippen LogP contribution in [0.1, 0.15) is 66.2 Å². The Morgan fingerprint density at radius 2 is 1.86 bits per heavy atom. The van der Waals surface area contributed by atoms with E-state index in [-0.39, 0.29) is 18.6 Å². The van der Waals surface area contributed by atoms with Crippen LogP contribution in [0.3, 0.4) is 0 Å². The predicted molar refractivity (Wildman–Crippen MR) is 88.5 cm³/mol. The molecule has 0 aliphatic carbocycles. The van der Waals surface area contributed by atoms with E-state index in [1.807, 2.05) is 12.2 Å². The zero-order chi connectivity index (χ0) is 17.0. The Bertz CT molecular complexity index is 388. The van der Waals surface area contributed by atoms with E-state index in [0.29, 0.717) is 0 Å². The average Bonchev–Trinajstić information content (AvgIpc) is 2.34. The van der Waals surface area contributed by atoms with Crippen molar-refractivity contribution in [2.24, 2.45) is 0 Å². The van der Waals surface area contributed by atoms with Gasteiger partial charge in [0.25, 0.3) is 0 Å². The largest absolute Gasteiger partial charge is 0.460 e. The van der Waals surface area contributed by atoms with Crippen LogP contribution in [0, 0.1) is 0 Å². The maximum Gasteiger partial charge on any atom is 0.313 e. The lowest BCUT2D eigenvalue weighted by atomic mass is 10.1. The van der Waals surface area contributed by atoms with E-state index in [9.17, 15) is 14.7 Å². The number of unbranched alkanes of at least 4 members (excludes halogenated alkanes) is 3. The van der Waals surface area contributed by atoms with Gasteiger partial charge < -0.3 is 9.84 Å². The zero-order valence-corrected chi connectivity index (χ0v) is 14.3. The molecule has 0 aliphatic heterocycles. The lowest BCUT2D eigenvalue weighted by Crippen LogP contribution is -2.26. The van der Waals surface area contributed by atoms with Crippen LogP contribution in [0.15, 0.2) is 24.3 Å². The highest BCUT2D eigenvalue weighted by Crippen LogP contribution is 2.09. The molecule has 1 N–H and O–H groups in total. The molecule has 0 aromatic heterocycles. The maximum absolute atomic E-state index is 11.6. The summed E-state index contributed by atoms with van der Waals surface area (Å²) in [6, 6.07) is 0. The molecule has 0 aliphatic rings. The SMILES string of the molecule is CCCCCC=CC=CC(O)CC(=O)CC(=O)OC(C)(C)C. The van der Waals surface area contributed by atoms with Gasteiger partial charge in [-0.25, -0.2) is 0 Å². The van der Waals surface area contributed by atoms with Gasteiger partial charge in [-0.1, -0.05) is 44.1 Å². The minimum atomic E-state index is -0.866. The summed E-state index contributed by atoms with van der Waals surface area (Å²) in [6.07, 6.45) is 10.6. The van der Waals surface area contributed by atoms with Gasteiger partial charge in [0, 0.05) is 6.42 Å². The molecule has 0 heterocycles. The van der Waals surface area contributed by atoms with Gasteiger partial charge in [-0.15, -0.1) is 0 Å². The number of aliphatic hydroxyl groups is 1. The highest BCUT2D eigenvalue weighted by Gasteiger charge is 2.19. The third-order valence-electron chi connectivity index (χ3n) is 2.75. The van der Waals surface area contributed by atoms with Gasteiger partial charge in [0.05, 0.1) is 6.10 Å². The topological polar surface area (TPSA) is 63.6 Å². The molecule has 0 fully saturated rings. The number of hydrogen-bond acceptors (Lipinski definition) is 4. The molecular formula is C18H30O4. The van der Waals surface area contributed by atoms with Crippen molar-refractivity contribution in [2.75, 3.05) is 0 Å². The second-order valence-corrected chi connectivity index (χ2v) is 6.38. The van der Waals surface area contributed by atoms with Crippen LogP contribution in [0.5, 0.6) is 0 Å². The molecule has 0 aromatic rings. The Labute approximate surface area is 134 Å². The molecule has 1 unspecified atom stereocenters. The fraction of sp³-hybridized carbons (Fsp3) is 0.667. The molecule has 1 atom stereocenters. The quantitative estimate of drug-likeness (QED) is 0.289. The first-order valence-corrected chi connectivity index (χ1v) is 7.99. The van der Waals surface area contributed by atoms with Crippen molar-refractivity contribution >= 4 is 11.8 Å². The van der Waals surface area contributed by atoms with Gasteiger partial charge in [0.2, 0.25) is 0 Å². The Kier molecular flexibility index (Phi) is 10.5. The van der Waals surface area contributed by atoms with Crippen molar-refractivity contribution in [3.05, 3.63) is 24.3 Å². The summed E-state index contributed by atoms with van der Waals surface area (Å²) < 4.78 is 5.06. The molecule has 0 rings (SSSR count). The number of esters is 1. The van der Waals surface area contributed by atoms with Gasteiger partial charge in [-0.2, -0.15) is 0 Å². The minimum Gasteiger partial charge on any atom is -0.460 e. The van der Waals surface area contributed by atoms with E-state index in [1.165, 1.54) is 12.8 Å². The Balaban J connectivity index is 3.97. The molecule has 22 heavy (non-hydrogen) atoms. The number of Topliss-reactive ketones (excluding diaryl/α,β-unsaturated/α-hetero) is 1. The van der Waals surface area contributed by atoms with Crippen molar-refractivity contribution in [3.63, 3.8) is 0 Å². The number of ether oxygens (including phenoxy) is 1. The zero-order valence-electron chi connectivity index (χ0n) is 14.3. The van der Waals surface area contributed by atoms with Crippen molar-refractivity contribution in [1.82, 2.24) is 0 Å². The van der Waals surface area contributed by atoms with Crippen molar-refractivity contribution < 1.29 is 19.4 Å². The second-order valence-electron chi connectivity index (χ2n) is 6.38. The standard InChI is InChI=1S/C18H30O4/c1-5-6-7-8-9-10-11-12-15(19)13-16(20)14-17(21)22-18(2,3)4/h9-12,15,19H,5-8,13-14H2,1-4H3. The smallest absolute Gasteiger partial charge is 0.313 e. The number of carbonyl (C=O) groups excluding carboxylic acids is 2. The Morgan fingerprint density at radius 1 is 1.18 bits per heavy atom. The summed E-state index contributed by atoms with van der Waals surface area (Å²) in [7, 11) is 0. The fourth-order valence-electron chi connectivity index (χ4n) is 1.79.